The van der Waals surface area contributed by atoms with Gasteiger partial charge in [0.05, 0.1) is 90.1 Å². The van der Waals surface area contributed by atoms with Crippen molar-refractivity contribution >= 4 is 87.2 Å². The molecule has 72 heavy (non-hydrogen) atoms. The number of aryl methyl sites for hydroxylation is 4. The summed E-state index contributed by atoms with van der Waals surface area (Å²) in [6, 6.07) is 74.6. The van der Waals surface area contributed by atoms with Crippen LogP contribution in [0.2, 0.25) is 0 Å². The first kappa shape index (κ1) is 41.4. The number of benzene rings is 10. The molecule has 6 heteroatoms. The van der Waals surface area contributed by atoms with Crippen molar-refractivity contribution in [1.29, 1.82) is 10.5 Å². The van der Waals surface area contributed by atoms with Gasteiger partial charge in [-0.2, -0.15) is 10.5 Å². The van der Waals surface area contributed by atoms with Gasteiger partial charge in [-0.05, 0) is 125 Å². The van der Waals surface area contributed by atoms with Crippen LogP contribution in [0.3, 0.4) is 0 Å². The van der Waals surface area contributed by atoms with Crippen LogP contribution < -0.4 is 0 Å². The monoisotopic (exact) mass is 920 g/mol. The van der Waals surface area contributed by atoms with Gasteiger partial charge in [-0.3, -0.25) is 0 Å². The third-order valence-corrected chi connectivity index (χ3v) is 15.0. The maximum absolute atomic E-state index is 11.8. The van der Waals surface area contributed by atoms with Crippen LogP contribution in [0, 0.1) is 50.4 Å². The largest absolute Gasteiger partial charge is 0.307 e. The third kappa shape index (κ3) is 5.75. The summed E-state index contributed by atoms with van der Waals surface area (Å²) in [5.74, 6) is 0. The van der Waals surface area contributed by atoms with Crippen LogP contribution >= 0.6 is 0 Å². The van der Waals surface area contributed by atoms with Crippen molar-refractivity contribution < 1.29 is 0 Å². The molecule has 14 rings (SSSR count). The number of aromatic nitrogens is 4. The molecule has 10 aromatic carbocycles. The molecule has 0 unspecified atom stereocenters. The van der Waals surface area contributed by atoms with E-state index in [1.165, 1.54) is 11.1 Å². The highest BCUT2D eigenvalue weighted by Crippen LogP contribution is 2.49. The van der Waals surface area contributed by atoms with Crippen LogP contribution in [0.4, 0.5) is 0 Å². The second kappa shape index (κ2) is 15.4. The van der Waals surface area contributed by atoms with E-state index in [4.69, 9.17) is 0 Å². The van der Waals surface area contributed by atoms with Crippen molar-refractivity contribution in [2.75, 3.05) is 0 Å². The summed E-state index contributed by atoms with van der Waals surface area (Å²) in [6.45, 7) is 8.56. The Hall–Kier alpha value is -9.62. The molecule has 0 aliphatic rings. The number of rotatable bonds is 5. The number of nitrogens with zero attached hydrogens (tertiary/aromatic N) is 6. The Balaban J connectivity index is 1.27. The zero-order valence-electron chi connectivity index (χ0n) is 40.2. The molecule has 338 valence electrons. The predicted molar refractivity (Wildman–Crippen MR) is 298 cm³/mol. The number of para-hydroxylation sites is 4. The van der Waals surface area contributed by atoms with Gasteiger partial charge in [-0.25, -0.2) is 0 Å². The molecule has 0 saturated carbocycles. The van der Waals surface area contributed by atoms with Crippen molar-refractivity contribution in [2.45, 2.75) is 27.7 Å². The van der Waals surface area contributed by atoms with Crippen LogP contribution in [0.1, 0.15) is 33.4 Å². The molecule has 0 atom stereocenters. The fraction of sp³-hybridized carbons (Fsp3) is 0.0606. The summed E-state index contributed by atoms with van der Waals surface area (Å²) in [5.41, 5.74) is 18.4. The van der Waals surface area contributed by atoms with E-state index in [2.05, 4.69) is 240 Å². The molecule has 0 spiro atoms. The fourth-order valence-corrected chi connectivity index (χ4v) is 12.0. The molecule has 0 saturated heterocycles. The van der Waals surface area contributed by atoms with Gasteiger partial charge in [-0.15, -0.1) is 0 Å². The smallest absolute Gasteiger partial charge is 0.0999 e. The lowest BCUT2D eigenvalue weighted by molar-refractivity contribution is 1.08. The summed E-state index contributed by atoms with van der Waals surface area (Å²) in [6.07, 6.45) is 0. The van der Waals surface area contributed by atoms with Gasteiger partial charge in [0.1, 0.15) is 0 Å². The molecular weight excluding hydrogens is 877 g/mol. The number of fused-ring (bicyclic) bond motifs is 12. The fourth-order valence-electron chi connectivity index (χ4n) is 12.0. The van der Waals surface area contributed by atoms with Crippen LogP contribution in [0.15, 0.2) is 194 Å². The van der Waals surface area contributed by atoms with Crippen LogP contribution in [-0.2, 0) is 0 Å². The first-order valence-electron chi connectivity index (χ1n) is 24.5. The van der Waals surface area contributed by atoms with E-state index in [1.807, 2.05) is 12.1 Å². The molecule has 4 aromatic heterocycles. The SMILES string of the molecule is Cc1ccc2c(c1)c1ccccc1n2-c1ccc(C#N)c(-c2c(C#N)ccc(-n3c4ccccc4c4cc(C)ccc43)c2-n2c3ccccc3c3cc(C)ccc32)c1-n1c2ccccc2c2cc(C)ccc21. The Labute approximate surface area is 415 Å². The first-order valence-corrected chi connectivity index (χ1v) is 24.5. The minimum atomic E-state index is 0.452. The molecule has 0 bridgehead atoms. The molecule has 0 N–H and O–H groups in total. The van der Waals surface area contributed by atoms with Crippen molar-refractivity contribution in [1.82, 2.24) is 18.3 Å². The predicted octanol–water partition coefficient (Wildman–Crippen LogP) is 16.7. The summed E-state index contributed by atoms with van der Waals surface area (Å²) < 4.78 is 9.46. The molecule has 0 amide bonds. The Morgan fingerprint density at radius 2 is 0.542 bits per heavy atom. The average molecular weight is 921 g/mol. The molecule has 0 radical (unpaired) electrons. The van der Waals surface area contributed by atoms with Gasteiger partial charge in [0.2, 0.25) is 0 Å². The van der Waals surface area contributed by atoms with Gasteiger partial charge in [0.25, 0.3) is 0 Å². The average Bonchev–Trinajstić information content (AvgIpc) is 4.12. The Bertz CT molecular complexity index is 4460. The minimum Gasteiger partial charge on any atom is -0.307 e. The van der Waals surface area contributed by atoms with E-state index in [1.54, 1.807) is 0 Å². The minimum absolute atomic E-state index is 0.452. The Morgan fingerprint density at radius 3 is 0.847 bits per heavy atom. The van der Waals surface area contributed by atoms with E-state index in [-0.39, 0.29) is 0 Å². The van der Waals surface area contributed by atoms with E-state index >= 15 is 0 Å². The molecule has 0 fully saturated rings. The van der Waals surface area contributed by atoms with Crippen molar-refractivity contribution in [2.24, 2.45) is 0 Å². The number of hydrogen-bond acceptors (Lipinski definition) is 2. The zero-order chi connectivity index (χ0) is 48.5. The van der Waals surface area contributed by atoms with Crippen LogP contribution in [0.25, 0.3) is 121 Å². The summed E-state index contributed by atoms with van der Waals surface area (Å²) >= 11 is 0. The number of nitriles is 2. The van der Waals surface area contributed by atoms with Crippen molar-refractivity contribution in [3.63, 3.8) is 0 Å². The highest BCUT2D eigenvalue weighted by atomic mass is 15.1. The van der Waals surface area contributed by atoms with Crippen molar-refractivity contribution in [3.05, 3.63) is 228 Å². The molecule has 14 aromatic rings. The van der Waals surface area contributed by atoms with E-state index in [0.717, 1.165) is 121 Å². The molecule has 4 heterocycles. The lowest BCUT2D eigenvalue weighted by Crippen LogP contribution is -2.11. The normalized spacial score (nSPS) is 11.9. The standard InChI is InChI=1S/C66H44N6/c1-39-21-27-57-49(33-39)45-13-5-9-17-53(45)69(57)61-31-25-43(37-67)63(65(61)71-55-19-11-7-15-47(55)51-35-41(3)23-29-59(51)71)64-44(38-68)26-32-62(70-54-18-10-6-14-46(54)50-34-40(2)22-28-58(50)70)66(64)72-56-20-12-8-16-48(56)52-36-42(4)24-30-60(52)72/h5-36H,1-4H3. The maximum atomic E-state index is 11.8. The van der Waals surface area contributed by atoms with Gasteiger partial charge in [0, 0.05) is 54.2 Å². The van der Waals surface area contributed by atoms with Crippen LogP contribution in [-0.4, -0.2) is 18.3 Å². The molecular formula is C66H44N6. The third-order valence-electron chi connectivity index (χ3n) is 15.0. The lowest BCUT2D eigenvalue weighted by atomic mass is 9.90. The van der Waals surface area contributed by atoms with E-state index < -0.39 is 0 Å². The summed E-state index contributed by atoms with van der Waals surface area (Å²) in [7, 11) is 0. The van der Waals surface area contributed by atoms with Crippen LogP contribution in [0.5, 0.6) is 0 Å². The van der Waals surface area contributed by atoms with Gasteiger partial charge >= 0.3 is 0 Å². The second-order valence-electron chi connectivity index (χ2n) is 19.4. The summed E-state index contributed by atoms with van der Waals surface area (Å²) in [5, 5.41) is 32.6. The van der Waals surface area contributed by atoms with Gasteiger partial charge in [-0.1, -0.05) is 119 Å². The highest BCUT2D eigenvalue weighted by Gasteiger charge is 2.31. The quantitative estimate of drug-likeness (QED) is 0.173. The Morgan fingerprint density at radius 1 is 0.278 bits per heavy atom. The molecule has 0 aliphatic carbocycles. The molecule has 6 nitrogen and oxygen atoms in total. The Kier molecular flexibility index (Phi) is 8.87. The van der Waals surface area contributed by atoms with Crippen molar-refractivity contribution in [3.8, 4) is 46.0 Å². The van der Waals surface area contributed by atoms with E-state index in [9.17, 15) is 10.5 Å². The van der Waals surface area contributed by atoms with Gasteiger partial charge < -0.3 is 18.3 Å². The number of hydrogen-bond donors (Lipinski definition) is 0. The van der Waals surface area contributed by atoms with Gasteiger partial charge in [0.15, 0.2) is 0 Å². The lowest BCUT2D eigenvalue weighted by Gasteiger charge is -2.26. The topological polar surface area (TPSA) is 67.3 Å². The summed E-state index contributed by atoms with van der Waals surface area (Å²) in [4.78, 5) is 0. The maximum Gasteiger partial charge on any atom is 0.0999 e. The molecule has 0 aliphatic heterocycles. The van der Waals surface area contributed by atoms with E-state index in [0.29, 0.717) is 22.3 Å². The zero-order valence-corrected chi connectivity index (χ0v) is 40.2. The second-order valence-corrected chi connectivity index (χ2v) is 19.4. The highest BCUT2D eigenvalue weighted by molar-refractivity contribution is 6.16. The first-order chi connectivity index (χ1) is 35.3.